The van der Waals surface area contributed by atoms with Crippen molar-refractivity contribution in [1.29, 1.82) is 0 Å². The zero-order valence-electron chi connectivity index (χ0n) is 18.1. The van der Waals surface area contributed by atoms with Crippen molar-refractivity contribution < 1.29 is 14.3 Å². The number of rotatable bonds is 7. The minimum absolute atomic E-state index is 0.0459. The Morgan fingerprint density at radius 2 is 1.60 bits per heavy atom. The summed E-state index contributed by atoms with van der Waals surface area (Å²) in [6.07, 6.45) is 1.02. The third-order valence-electron chi connectivity index (χ3n) is 5.41. The van der Waals surface area contributed by atoms with E-state index >= 15 is 0 Å². The summed E-state index contributed by atoms with van der Waals surface area (Å²) < 4.78 is 5.85. The van der Waals surface area contributed by atoms with Crippen LogP contribution in [0, 0.1) is 13.8 Å². The Kier molecular flexibility index (Phi) is 7.46. The van der Waals surface area contributed by atoms with Gasteiger partial charge < -0.3 is 19.9 Å². The van der Waals surface area contributed by atoms with Gasteiger partial charge in [-0.1, -0.05) is 18.2 Å². The van der Waals surface area contributed by atoms with Gasteiger partial charge in [0.1, 0.15) is 5.75 Å². The highest BCUT2D eigenvalue weighted by atomic mass is 16.5. The number of ether oxygens (including phenoxy) is 1. The summed E-state index contributed by atoms with van der Waals surface area (Å²) in [7, 11) is 2.06. The fourth-order valence-corrected chi connectivity index (χ4v) is 3.55. The summed E-state index contributed by atoms with van der Waals surface area (Å²) in [5.41, 5.74) is 3.56. The van der Waals surface area contributed by atoms with Crippen molar-refractivity contribution >= 4 is 17.5 Å². The number of nitrogens with one attached hydrogen (secondary N) is 1. The third-order valence-corrected chi connectivity index (χ3v) is 5.41. The van der Waals surface area contributed by atoms with Crippen LogP contribution in [0.4, 0.5) is 5.69 Å². The first-order valence-electron chi connectivity index (χ1n) is 10.5. The first kappa shape index (κ1) is 21.8. The van der Waals surface area contributed by atoms with Crippen LogP contribution >= 0.6 is 0 Å². The van der Waals surface area contributed by atoms with Crippen LogP contribution < -0.4 is 10.1 Å². The molecule has 160 valence electrons. The molecule has 2 aromatic rings. The average Bonchev–Trinajstić information content (AvgIpc) is 2.73. The molecule has 1 N–H and O–H groups in total. The number of carbonyl (C=O) groups excluding carboxylic acids is 2. The monoisotopic (exact) mass is 409 g/mol. The Balaban J connectivity index is 1.42. The Hall–Kier alpha value is -2.86. The smallest absolute Gasteiger partial charge is 0.253 e. The zero-order valence-corrected chi connectivity index (χ0v) is 18.1. The van der Waals surface area contributed by atoms with Crippen LogP contribution in [-0.2, 0) is 4.79 Å². The van der Waals surface area contributed by atoms with Crippen LogP contribution in [0.2, 0.25) is 0 Å². The van der Waals surface area contributed by atoms with E-state index in [4.69, 9.17) is 4.74 Å². The largest absolute Gasteiger partial charge is 0.493 e. The molecule has 6 heteroatoms. The molecule has 2 aromatic carbocycles. The molecule has 1 fully saturated rings. The lowest BCUT2D eigenvalue weighted by Gasteiger charge is -2.32. The molecular weight excluding hydrogens is 378 g/mol. The number of benzene rings is 2. The van der Waals surface area contributed by atoms with Crippen LogP contribution in [0.15, 0.2) is 42.5 Å². The molecule has 0 saturated carbocycles. The number of piperazine rings is 1. The van der Waals surface area contributed by atoms with Crippen molar-refractivity contribution in [2.24, 2.45) is 0 Å². The first-order valence-corrected chi connectivity index (χ1v) is 10.5. The summed E-state index contributed by atoms with van der Waals surface area (Å²) >= 11 is 0. The highest BCUT2D eigenvalue weighted by Gasteiger charge is 2.20. The third kappa shape index (κ3) is 5.83. The number of amides is 2. The second-order valence-corrected chi connectivity index (χ2v) is 7.89. The summed E-state index contributed by atoms with van der Waals surface area (Å²) in [5.74, 6) is 0.890. The number of carbonyl (C=O) groups is 2. The second-order valence-electron chi connectivity index (χ2n) is 7.89. The Labute approximate surface area is 178 Å². The lowest BCUT2D eigenvalue weighted by molar-refractivity contribution is -0.116. The lowest BCUT2D eigenvalue weighted by Crippen LogP contribution is -2.47. The molecule has 0 aliphatic carbocycles. The SMILES string of the molecule is Cc1cccc(C)c1OCCCC(=O)Nc1ccc(C(=O)N2CCN(C)CC2)cc1. The summed E-state index contributed by atoms with van der Waals surface area (Å²) in [5, 5.41) is 2.89. The van der Waals surface area contributed by atoms with Crippen molar-refractivity contribution in [1.82, 2.24) is 9.80 Å². The molecule has 0 spiro atoms. The quantitative estimate of drug-likeness (QED) is 0.711. The Morgan fingerprint density at radius 1 is 0.967 bits per heavy atom. The number of aryl methyl sites for hydroxylation is 2. The molecule has 1 aliphatic rings. The predicted molar refractivity (Wildman–Crippen MR) is 119 cm³/mol. The van der Waals surface area contributed by atoms with Crippen molar-refractivity contribution in [2.45, 2.75) is 26.7 Å². The Bertz CT molecular complexity index is 852. The summed E-state index contributed by atoms with van der Waals surface area (Å²) in [6, 6.07) is 13.2. The lowest BCUT2D eigenvalue weighted by atomic mass is 10.1. The second kappa shape index (κ2) is 10.3. The summed E-state index contributed by atoms with van der Waals surface area (Å²) in [4.78, 5) is 28.9. The van der Waals surface area contributed by atoms with Crippen LogP contribution in [-0.4, -0.2) is 61.4 Å². The van der Waals surface area contributed by atoms with E-state index in [1.54, 1.807) is 24.3 Å². The summed E-state index contributed by atoms with van der Waals surface area (Å²) in [6.45, 7) is 7.83. The van der Waals surface area contributed by atoms with E-state index < -0.39 is 0 Å². The van der Waals surface area contributed by atoms with Gasteiger partial charge in [-0.15, -0.1) is 0 Å². The molecule has 1 heterocycles. The molecule has 0 unspecified atom stereocenters. The number of nitrogens with zero attached hydrogens (tertiary/aromatic N) is 2. The number of hydrogen-bond acceptors (Lipinski definition) is 4. The molecule has 30 heavy (non-hydrogen) atoms. The number of anilines is 1. The molecule has 0 bridgehead atoms. The van der Waals surface area contributed by atoms with E-state index in [1.165, 1.54) is 0 Å². The molecule has 6 nitrogen and oxygen atoms in total. The van der Waals surface area contributed by atoms with Crippen molar-refractivity contribution in [2.75, 3.05) is 45.2 Å². The van der Waals surface area contributed by atoms with E-state index in [0.29, 0.717) is 30.7 Å². The van der Waals surface area contributed by atoms with E-state index in [2.05, 4.69) is 17.3 Å². The minimum atomic E-state index is -0.0572. The molecule has 3 rings (SSSR count). The highest BCUT2D eigenvalue weighted by molar-refractivity contribution is 5.95. The molecule has 1 aliphatic heterocycles. The standard InChI is InChI=1S/C24H31N3O3/c1-18-6-4-7-19(2)23(18)30-17-5-8-22(28)25-21-11-9-20(10-12-21)24(29)27-15-13-26(3)14-16-27/h4,6-7,9-12H,5,8,13-17H2,1-3H3,(H,25,28). The van der Waals surface area contributed by atoms with Gasteiger partial charge in [-0.2, -0.15) is 0 Å². The van der Waals surface area contributed by atoms with E-state index in [-0.39, 0.29) is 11.8 Å². The van der Waals surface area contributed by atoms with Crippen molar-refractivity contribution in [3.63, 3.8) is 0 Å². The topological polar surface area (TPSA) is 61.9 Å². The fourth-order valence-electron chi connectivity index (χ4n) is 3.55. The van der Waals surface area contributed by atoms with Gasteiger partial charge in [-0.25, -0.2) is 0 Å². The normalized spacial score (nSPS) is 14.4. The maximum atomic E-state index is 12.6. The maximum absolute atomic E-state index is 12.6. The molecule has 1 saturated heterocycles. The number of para-hydroxylation sites is 1. The highest BCUT2D eigenvalue weighted by Crippen LogP contribution is 2.22. The van der Waals surface area contributed by atoms with Gasteiger partial charge in [-0.05, 0) is 62.7 Å². The van der Waals surface area contributed by atoms with Gasteiger partial charge in [0.25, 0.3) is 5.91 Å². The zero-order chi connectivity index (χ0) is 21.5. The van der Waals surface area contributed by atoms with Crippen LogP contribution in [0.3, 0.4) is 0 Å². The van der Waals surface area contributed by atoms with Crippen molar-refractivity contribution in [3.05, 3.63) is 59.2 Å². The van der Waals surface area contributed by atoms with Crippen LogP contribution in [0.25, 0.3) is 0 Å². The maximum Gasteiger partial charge on any atom is 0.253 e. The van der Waals surface area contributed by atoms with Crippen LogP contribution in [0.1, 0.15) is 34.3 Å². The van der Waals surface area contributed by atoms with Gasteiger partial charge >= 0.3 is 0 Å². The average molecular weight is 410 g/mol. The van der Waals surface area contributed by atoms with Gasteiger partial charge in [0, 0.05) is 43.9 Å². The van der Waals surface area contributed by atoms with E-state index in [1.807, 2.05) is 36.9 Å². The van der Waals surface area contributed by atoms with Crippen LogP contribution in [0.5, 0.6) is 5.75 Å². The molecular formula is C24H31N3O3. The minimum Gasteiger partial charge on any atom is -0.493 e. The molecule has 2 amide bonds. The van der Waals surface area contributed by atoms with Gasteiger partial charge in [0.15, 0.2) is 0 Å². The van der Waals surface area contributed by atoms with E-state index in [0.717, 1.165) is 43.1 Å². The number of likely N-dealkylation sites (N-methyl/N-ethyl adjacent to an activating group) is 1. The fraction of sp³-hybridized carbons (Fsp3) is 0.417. The Morgan fingerprint density at radius 3 is 2.23 bits per heavy atom. The van der Waals surface area contributed by atoms with Crippen molar-refractivity contribution in [3.8, 4) is 5.75 Å². The van der Waals surface area contributed by atoms with Gasteiger partial charge in [-0.3, -0.25) is 9.59 Å². The first-order chi connectivity index (χ1) is 14.4. The molecule has 0 radical (unpaired) electrons. The molecule has 0 aromatic heterocycles. The van der Waals surface area contributed by atoms with Gasteiger partial charge in [0.2, 0.25) is 5.91 Å². The van der Waals surface area contributed by atoms with Gasteiger partial charge in [0.05, 0.1) is 6.61 Å². The predicted octanol–water partition coefficient (Wildman–Crippen LogP) is 3.49. The molecule has 0 atom stereocenters. The number of hydrogen-bond donors (Lipinski definition) is 1. The van der Waals surface area contributed by atoms with E-state index in [9.17, 15) is 9.59 Å².